The van der Waals surface area contributed by atoms with Gasteiger partial charge in [0.15, 0.2) is 16.5 Å². The van der Waals surface area contributed by atoms with Gasteiger partial charge in [-0.3, -0.25) is 4.31 Å². The lowest BCUT2D eigenvalue weighted by Crippen LogP contribution is -2.47. The summed E-state index contributed by atoms with van der Waals surface area (Å²) in [5, 5.41) is 3.55. The van der Waals surface area contributed by atoms with Gasteiger partial charge in [-0.25, -0.2) is 8.42 Å². The molecule has 2 heterocycles. The van der Waals surface area contributed by atoms with Crippen LogP contribution in [0.5, 0.6) is 0 Å². The van der Waals surface area contributed by atoms with Crippen LogP contribution >= 0.6 is 0 Å². The minimum Gasteiger partial charge on any atom is -0.380 e. The summed E-state index contributed by atoms with van der Waals surface area (Å²) in [6.07, 6.45) is 1.46. The van der Waals surface area contributed by atoms with Crippen LogP contribution in [0.2, 0.25) is 0 Å². The zero-order valence-electron chi connectivity index (χ0n) is 12.2. The molecule has 0 aliphatic carbocycles. The Balaban J connectivity index is 2.20. The first kappa shape index (κ1) is 14.9. The molecule has 0 radical (unpaired) electrons. The largest absolute Gasteiger partial charge is 0.380 e. The summed E-state index contributed by atoms with van der Waals surface area (Å²) in [5.74, 6) is 0.0488. The number of nitrogens with zero attached hydrogens (tertiary/aromatic N) is 2. The molecule has 1 atom stereocenters. The second-order valence-corrected chi connectivity index (χ2v) is 7.06. The zero-order valence-corrected chi connectivity index (χ0v) is 13.0. The summed E-state index contributed by atoms with van der Waals surface area (Å²) in [6.45, 7) is 1.77. The Morgan fingerprint density at radius 1 is 1.41 bits per heavy atom. The number of hydrogen-bond donors (Lipinski definition) is 2. The Labute approximate surface area is 128 Å². The van der Waals surface area contributed by atoms with Crippen molar-refractivity contribution in [2.45, 2.75) is 30.7 Å². The fourth-order valence-electron chi connectivity index (χ4n) is 2.91. The van der Waals surface area contributed by atoms with Crippen LogP contribution in [0.1, 0.15) is 17.7 Å². The van der Waals surface area contributed by atoms with E-state index in [1.807, 2.05) is 18.2 Å². The monoisotopic (exact) mass is 322 g/mol. The highest BCUT2D eigenvalue weighted by Crippen LogP contribution is 2.37. The summed E-state index contributed by atoms with van der Waals surface area (Å²) >= 11 is 0. The van der Waals surface area contributed by atoms with Gasteiger partial charge in [0.05, 0.1) is 11.7 Å². The number of para-hydroxylation sites is 1. The molecule has 22 heavy (non-hydrogen) atoms. The van der Waals surface area contributed by atoms with Crippen LogP contribution in [-0.4, -0.2) is 26.2 Å². The lowest BCUT2D eigenvalue weighted by molar-refractivity contribution is 0.396. The Morgan fingerprint density at radius 3 is 2.77 bits per heavy atom. The van der Waals surface area contributed by atoms with E-state index in [-0.39, 0.29) is 29.1 Å². The van der Waals surface area contributed by atoms with Gasteiger partial charge in [-0.05, 0) is 31.4 Å². The van der Waals surface area contributed by atoms with Crippen molar-refractivity contribution in [1.82, 2.24) is 5.16 Å². The van der Waals surface area contributed by atoms with Gasteiger partial charge < -0.3 is 16.0 Å². The smallest absolute Gasteiger partial charge is 0.271 e. The topological polar surface area (TPSA) is 115 Å². The maximum absolute atomic E-state index is 13.1. The number of hydrogen-bond acceptors (Lipinski definition) is 6. The first-order valence-corrected chi connectivity index (χ1v) is 8.45. The van der Waals surface area contributed by atoms with E-state index in [9.17, 15) is 8.42 Å². The predicted molar refractivity (Wildman–Crippen MR) is 82.9 cm³/mol. The predicted octanol–water partition coefficient (Wildman–Crippen LogP) is 1.03. The van der Waals surface area contributed by atoms with Gasteiger partial charge in [-0.1, -0.05) is 23.4 Å². The van der Waals surface area contributed by atoms with E-state index >= 15 is 0 Å². The van der Waals surface area contributed by atoms with Crippen LogP contribution in [0.4, 0.5) is 11.5 Å². The molecule has 7 nitrogen and oxygen atoms in total. The molecule has 2 aromatic rings. The highest BCUT2D eigenvalue weighted by Gasteiger charge is 2.38. The van der Waals surface area contributed by atoms with Crippen molar-refractivity contribution in [2.75, 3.05) is 16.6 Å². The molecule has 0 fully saturated rings. The molecule has 8 heteroatoms. The van der Waals surface area contributed by atoms with E-state index in [0.717, 1.165) is 12.0 Å². The van der Waals surface area contributed by atoms with Gasteiger partial charge in [0.1, 0.15) is 0 Å². The van der Waals surface area contributed by atoms with Crippen molar-refractivity contribution in [3.63, 3.8) is 0 Å². The van der Waals surface area contributed by atoms with Gasteiger partial charge in [0.25, 0.3) is 10.0 Å². The normalized spacial score (nSPS) is 18.3. The molecular weight excluding hydrogens is 304 g/mol. The van der Waals surface area contributed by atoms with Crippen LogP contribution in [-0.2, 0) is 16.4 Å². The lowest BCUT2D eigenvalue weighted by atomic mass is 9.98. The van der Waals surface area contributed by atoms with Crippen LogP contribution < -0.4 is 15.8 Å². The number of nitrogens with two attached hydrogens (primary N) is 2. The SMILES string of the molecule is Cc1onc(N)c1S(=O)(=O)N1c2ccccc2CCC1CN. The van der Waals surface area contributed by atoms with Crippen molar-refractivity contribution in [3.8, 4) is 0 Å². The Kier molecular flexibility index (Phi) is 3.57. The second-order valence-electron chi connectivity index (χ2n) is 5.31. The van der Waals surface area contributed by atoms with Gasteiger partial charge in [-0.2, -0.15) is 0 Å². The average molecular weight is 322 g/mol. The van der Waals surface area contributed by atoms with E-state index < -0.39 is 10.0 Å². The number of sulfonamides is 1. The molecule has 0 saturated carbocycles. The van der Waals surface area contributed by atoms with Crippen molar-refractivity contribution in [3.05, 3.63) is 35.6 Å². The lowest BCUT2D eigenvalue weighted by Gasteiger charge is -2.37. The summed E-state index contributed by atoms with van der Waals surface area (Å²) in [7, 11) is -3.88. The van der Waals surface area contributed by atoms with E-state index in [1.54, 1.807) is 6.07 Å². The maximum atomic E-state index is 13.1. The molecular formula is C14H18N4O3S. The molecule has 0 bridgehead atoms. The highest BCUT2D eigenvalue weighted by atomic mass is 32.2. The molecule has 0 amide bonds. The third-order valence-corrected chi connectivity index (χ3v) is 5.96. The van der Waals surface area contributed by atoms with E-state index in [4.69, 9.17) is 16.0 Å². The number of aromatic nitrogens is 1. The summed E-state index contributed by atoms with van der Waals surface area (Å²) in [5.41, 5.74) is 13.1. The summed E-state index contributed by atoms with van der Waals surface area (Å²) in [4.78, 5) is -0.0809. The molecule has 0 spiro atoms. The quantitative estimate of drug-likeness (QED) is 0.872. The third kappa shape index (κ3) is 2.15. The highest BCUT2D eigenvalue weighted by molar-refractivity contribution is 7.93. The number of nitrogen functional groups attached to an aromatic ring is 1. The standard InChI is InChI=1S/C14H18N4O3S/c1-9-13(14(16)17-21-9)22(19,20)18-11(8-15)7-6-10-4-2-3-5-12(10)18/h2-5,11H,6-8,15H2,1H3,(H2,16,17). The first-order valence-electron chi connectivity index (χ1n) is 7.01. The molecule has 4 N–H and O–H groups in total. The molecule has 1 aromatic carbocycles. The van der Waals surface area contributed by atoms with Gasteiger partial charge in [0, 0.05) is 6.54 Å². The van der Waals surface area contributed by atoms with E-state index in [1.165, 1.54) is 11.2 Å². The molecule has 3 rings (SSSR count). The number of benzene rings is 1. The Hall–Kier alpha value is -2.06. The third-order valence-electron chi connectivity index (χ3n) is 3.93. The molecule has 0 saturated heterocycles. The average Bonchev–Trinajstić information content (AvgIpc) is 2.85. The van der Waals surface area contributed by atoms with Crippen LogP contribution in [0.25, 0.3) is 0 Å². The van der Waals surface area contributed by atoms with Gasteiger partial charge in [-0.15, -0.1) is 0 Å². The van der Waals surface area contributed by atoms with Crippen LogP contribution in [0, 0.1) is 6.92 Å². The number of rotatable bonds is 3. The molecule has 118 valence electrons. The minimum absolute atomic E-state index is 0.0809. The van der Waals surface area contributed by atoms with Crippen molar-refractivity contribution >= 4 is 21.5 Å². The molecule has 1 aromatic heterocycles. The van der Waals surface area contributed by atoms with Crippen LogP contribution in [0.15, 0.2) is 33.7 Å². The van der Waals surface area contributed by atoms with Crippen molar-refractivity contribution < 1.29 is 12.9 Å². The number of aryl methyl sites for hydroxylation is 2. The minimum atomic E-state index is -3.88. The van der Waals surface area contributed by atoms with Gasteiger partial charge in [0.2, 0.25) is 0 Å². The molecule has 1 aliphatic rings. The zero-order chi connectivity index (χ0) is 15.9. The van der Waals surface area contributed by atoms with Crippen molar-refractivity contribution in [1.29, 1.82) is 0 Å². The van der Waals surface area contributed by atoms with E-state index in [0.29, 0.717) is 12.1 Å². The second kappa shape index (κ2) is 5.29. The molecule has 1 aliphatic heterocycles. The maximum Gasteiger partial charge on any atom is 0.271 e. The molecule has 1 unspecified atom stereocenters. The number of anilines is 2. The van der Waals surface area contributed by atoms with E-state index in [2.05, 4.69) is 5.16 Å². The summed E-state index contributed by atoms with van der Waals surface area (Å²) < 4.78 is 32.5. The Morgan fingerprint density at radius 2 is 2.14 bits per heavy atom. The first-order chi connectivity index (χ1) is 10.5. The number of fused-ring (bicyclic) bond motifs is 1. The van der Waals surface area contributed by atoms with Crippen molar-refractivity contribution in [2.24, 2.45) is 5.73 Å². The van der Waals surface area contributed by atoms with Crippen LogP contribution in [0.3, 0.4) is 0 Å². The Bertz CT molecular complexity index is 781. The summed E-state index contributed by atoms with van der Waals surface area (Å²) in [6, 6.07) is 7.10. The van der Waals surface area contributed by atoms with Gasteiger partial charge >= 0.3 is 0 Å². The fourth-order valence-corrected chi connectivity index (χ4v) is 4.83. The fraction of sp³-hybridized carbons (Fsp3) is 0.357.